The molecule has 2 N–H and O–H groups in total. The standard InChI is InChI=1S/C17H23N3OS.HI/c1-13-8-9-16(22-13)11-20-17(18-2)19-10-14-6-4-5-7-15(14)12-21-3;/h4-9H,10-12H2,1-3H3,(H2,18,19,20);1H. The fourth-order valence-electron chi connectivity index (χ4n) is 2.18. The first-order valence-electron chi connectivity index (χ1n) is 7.28. The Morgan fingerprint density at radius 3 is 2.39 bits per heavy atom. The van der Waals surface area contributed by atoms with Crippen LogP contribution in [0.25, 0.3) is 0 Å². The maximum absolute atomic E-state index is 5.24. The molecular formula is C17H24IN3OS. The molecule has 23 heavy (non-hydrogen) atoms. The first-order chi connectivity index (χ1) is 10.7. The monoisotopic (exact) mass is 445 g/mol. The highest BCUT2D eigenvalue weighted by Crippen LogP contribution is 2.14. The number of hydrogen-bond donors (Lipinski definition) is 2. The van der Waals surface area contributed by atoms with Crippen LogP contribution >= 0.6 is 35.3 Å². The highest BCUT2D eigenvalue weighted by Gasteiger charge is 2.04. The van der Waals surface area contributed by atoms with E-state index in [1.807, 2.05) is 12.1 Å². The Morgan fingerprint density at radius 2 is 1.78 bits per heavy atom. The van der Waals surface area contributed by atoms with E-state index in [1.54, 1.807) is 25.5 Å². The van der Waals surface area contributed by atoms with E-state index in [0.717, 1.165) is 19.0 Å². The fraction of sp³-hybridized carbons (Fsp3) is 0.353. The Bertz CT molecular complexity index is 628. The lowest BCUT2D eigenvalue weighted by atomic mass is 10.1. The van der Waals surface area contributed by atoms with E-state index in [9.17, 15) is 0 Å². The number of nitrogens with one attached hydrogen (secondary N) is 2. The van der Waals surface area contributed by atoms with Gasteiger partial charge in [0.05, 0.1) is 13.2 Å². The first kappa shape index (κ1) is 19.9. The summed E-state index contributed by atoms with van der Waals surface area (Å²) < 4.78 is 5.24. The minimum atomic E-state index is 0. The molecule has 0 aliphatic heterocycles. The van der Waals surface area contributed by atoms with Gasteiger partial charge in [-0.2, -0.15) is 0 Å². The van der Waals surface area contributed by atoms with Gasteiger partial charge < -0.3 is 15.4 Å². The van der Waals surface area contributed by atoms with Crippen molar-refractivity contribution in [3.05, 3.63) is 57.3 Å². The normalized spacial score (nSPS) is 11.0. The van der Waals surface area contributed by atoms with Crippen molar-refractivity contribution >= 4 is 41.3 Å². The van der Waals surface area contributed by atoms with Gasteiger partial charge >= 0.3 is 0 Å². The van der Waals surface area contributed by atoms with E-state index in [2.05, 4.69) is 46.8 Å². The average Bonchev–Trinajstić information content (AvgIpc) is 2.95. The molecule has 0 saturated carbocycles. The van der Waals surface area contributed by atoms with Gasteiger partial charge in [-0.3, -0.25) is 4.99 Å². The summed E-state index contributed by atoms with van der Waals surface area (Å²) in [6.07, 6.45) is 0. The van der Waals surface area contributed by atoms with Crippen molar-refractivity contribution in [1.29, 1.82) is 0 Å². The predicted molar refractivity (Wildman–Crippen MR) is 109 cm³/mol. The minimum absolute atomic E-state index is 0. The molecule has 0 saturated heterocycles. The Morgan fingerprint density at radius 1 is 1.09 bits per heavy atom. The van der Waals surface area contributed by atoms with Gasteiger partial charge in [-0.15, -0.1) is 35.3 Å². The van der Waals surface area contributed by atoms with Crippen LogP contribution in [0.5, 0.6) is 0 Å². The summed E-state index contributed by atoms with van der Waals surface area (Å²) in [5.41, 5.74) is 2.42. The van der Waals surface area contributed by atoms with Crippen LogP contribution in [0, 0.1) is 6.92 Å². The number of benzene rings is 1. The summed E-state index contributed by atoms with van der Waals surface area (Å²) in [5, 5.41) is 6.69. The van der Waals surface area contributed by atoms with Crippen molar-refractivity contribution < 1.29 is 4.74 Å². The maximum atomic E-state index is 5.24. The van der Waals surface area contributed by atoms with Gasteiger partial charge in [0.25, 0.3) is 0 Å². The third-order valence-electron chi connectivity index (χ3n) is 3.31. The molecule has 0 bridgehead atoms. The third-order valence-corrected chi connectivity index (χ3v) is 4.31. The second-order valence-electron chi connectivity index (χ2n) is 4.99. The van der Waals surface area contributed by atoms with E-state index in [0.29, 0.717) is 6.61 Å². The number of ether oxygens (including phenoxy) is 1. The van der Waals surface area contributed by atoms with Crippen LogP contribution in [0.15, 0.2) is 41.4 Å². The van der Waals surface area contributed by atoms with Crippen LogP contribution in [0.3, 0.4) is 0 Å². The summed E-state index contributed by atoms with van der Waals surface area (Å²) in [5.74, 6) is 0.804. The molecule has 0 aliphatic rings. The van der Waals surface area contributed by atoms with Crippen molar-refractivity contribution in [2.45, 2.75) is 26.6 Å². The first-order valence-corrected chi connectivity index (χ1v) is 8.10. The Labute approximate surface area is 159 Å². The summed E-state index contributed by atoms with van der Waals surface area (Å²) in [6.45, 7) is 4.26. The van der Waals surface area contributed by atoms with E-state index >= 15 is 0 Å². The molecule has 6 heteroatoms. The van der Waals surface area contributed by atoms with E-state index in [4.69, 9.17) is 4.74 Å². The van der Waals surface area contributed by atoms with Crippen molar-refractivity contribution in [3.8, 4) is 0 Å². The number of hydrogen-bond acceptors (Lipinski definition) is 3. The van der Waals surface area contributed by atoms with Gasteiger partial charge in [-0.05, 0) is 30.2 Å². The number of guanidine groups is 1. The number of aryl methyl sites for hydroxylation is 1. The van der Waals surface area contributed by atoms with Crippen molar-refractivity contribution in [3.63, 3.8) is 0 Å². The smallest absolute Gasteiger partial charge is 0.191 e. The fourth-order valence-corrected chi connectivity index (χ4v) is 3.01. The van der Waals surface area contributed by atoms with Crippen LogP contribution in [0.4, 0.5) is 0 Å². The van der Waals surface area contributed by atoms with E-state index in [-0.39, 0.29) is 24.0 Å². The molecule has 0 amide bonds. The third kappa shape index (κ3) is 6.48. The summed E-state index contributed by atoms with van der Waals surface area (Å²) in [4.78, 5) is 6.90. The molecule has 1 aromatic carbocycles. The molecule has 0 atom stereocenters. The lowest BCUT2D eigenvalue weighted by Gasteiger charge is -2.13. The molecule has 0 spiro atoms. The summed E-state index contributed by atoms with van der Waals surface area (Å²) >= 11 is 1.80. The number of nitrogens with zero attached hydrogens (tertiary/aromatic N) is 1. The topological polar surface area (TPSA) is 45.7 Å². The molecule has 2 aromatic rings. The molecule has 4 nitrogen and oxygen atoms in total. The average molecular weight is 445 g/mol. The molecule has 0 fully saturated rings. The molecule has 126 valence electrons. The molecule has 0 aliphatic carbocycles. The molecule has 1 heterocycles. The quantitative estimate of drug-likeness (QED) is 0.405. The number of halogens is 1. The zero-order valence-electron chi connectivity index (χ0n) is 13.8. The number of rotatable bonds is 6. The Kier molecular flexibility index (Phi) is 9.20. The summed E-state index contributed by atoms with van der Waals surface area (Å²) in [7, 11) is 3.50. The van der Waals surface area contributed by atoms with Gasteiger partial charge in [-0.25, -0.2) is 0 Å². The van der Waals surface area contributed by atoms with Crippen LogP contribution in [-0.4, -0.2) is 20.1 Å². The van der Waals surface area contributed by atoms with Crippen LogP contribution in [0.2, 0.25) is 0 Å². The Hall–Kier alpha value is -1.12. The van der Waals surface area contributed by atoms with Crippen LogP contribution in [-0.2, 0) is 24.4 Å². The Balaban J connectivity index is 0.00000264. The minimum Gasteiger partial charge on any atom is -0.380 e. The van der Waals surface area contributed by atoms with E-state index < -0.39 is 0 Å². The van der Waals surface area contributed by atoms with Crippen molar-refractivity contribution in [1.82, 2.24) is 10.6 Å². The van der Waals surface area contributed by atoms with Gasteiger partial charge in [0.1, 0.15) is 0 Å². The number of thiophene rings is 1. The number of methoxy groups -OCH3 is 1. The van der Waals surface area contributed by atoms with Crippen LogP contribution in [0.1, 0.15) is 20.9 Å². The van der Waals surface area contributed by atoms with Crippen LogP contribution < -0.4 is 10.6 Å². The van der Waals surface area contributed by atoms with Crippen molar-refractivity contribution in [2.75, 3.05) is 14.2 Å². The predicted octanol–water partition coefficient (Wildman–Crippen LogP) is 3.69. The molecule has 0 unspecified atom stereocenters. The molecule has 0 radical (unpaired) electrons. The van der Waals surface area contributed by atoms with Gasteiger partial charge in [0.15, 0.2) is 5.96 Å². The second-order valence-corrected chi connectivity index (χ2v) is 6.37. The summed E-state index contributed by atoms with van der Waals surface area (Å²) in [6, 6.07) is 12.6. The lowest BCUT2D eigenvalue weighted by molar-refractivity contribution is 0.184. The van der Waals surface area contributed by atoms with Gasteiger partial charge in [0.2, 0.25) is 0 Å². The van der Waals surface area contributed by atoms with E-state index in [1.165, 1.54) is 20.9 Å². The van der Waals surface area contributed by atoms with Crippen molar-refractivity contribution in [2.24, 2.45) is 4.99 Å². The molecular weight excluding hydrogens is 421 g/mol. The zero-order valence-corrected chi connectivity index (χ0v) is 16.9. The zero-order chi connectivity index (χ0) is 15.8. The highest BCUT2D eigenvalue weighted by molar-refractivity contribution is 14.0. The lowest BCUT2D eigenvalue weighted by Crippen LogP contribution is -2.36. The second kappa shape index (κ2) is 10.6. The van der Waals surface area contributed by atoms with Gasteiger partial charge in [0, 0.05) is 30.5 Å². The maximum Gasteiger partial charge on any atom is 0.191 e. The molecule has 2 rings (SSSR count). The molecule has 1 aromatic heterocycles. The highest BCUT2D eigenvalue weighted by atomic mass is 127. The largest absolute Gasteiger partial charge is 0.380 e. The van der Waals surface area contributed by atoms with Gasteiger partial charge in [-0.1, -0.05) is 24.3 Å². The SMILES string of the molecule is CN=C(NCc1ccc(C)s1)NCc1ccccc1COC.I. The number of aliphatic imine (C=N–C) groups is 1.